The van der Waals surface area contributed by atoms with Crippen LogP contribution in [-0.2, 0) is 4.74 Å². The molecule has 3 aromatic rings. The molecule has 7 nitrogen and oxygen atoms in total. The van der Waals surface area contributed by atoms with Crippen molar-refractivity contribution in [3.63, 3.8) is 0 Å². The van der Waals surface area contributed by atoms with Crippen LogP contribution in [0.3, 0.4) is 0 Å². The molecule has 0 spiro atoms. The van der Waals surface area contributed by atoms with E-state index in [0.717, 1.165) is 16.6 Å². The second-order valence-corrected chi connectivity index (χ2v) is 5.22. The van der Waals surface area contributed by atoms with Crippen LogP contribution >= 0.6 is 0 Å². The molecular formula is C15H15N5O2. The maximum Gasteiger partial charge on any atom is 0.275 e. The Hall–Kier alpha value is -2.67. The van der Waals surface area contributed by atoms with E-state index in [0.29, 0.717) is 25.5 Å². The Kier molecular flexibility index (Phi) is 3.12. The van der Waals surface area contributed by atoms with Crippen molar-refractivity contribution >= 4 is 16.8 Å². The maximum absolute atomic E-state index is 12.9. The molecule has 112 valence electrons. The number of hydrogen-bond donors (Lipinski definition) is 2. The zero-order chi connectivity index (χ0) is 14.9. The number of nitrogens with zero attached hydrogens (tertiary/aromatic N) is 3. The van der Waals surface area contributed by atoms with Gasteiger partial charge < -0.3 is 9.64 Å². The zero-order valence-electron chi connectivity index (χ0n) is 11.8. The first-order valence-electron chi connectivity index (χ1n) is 7.15. The van der Waals surface area contributed by atoms with Gasteiger partial charge in [-0.1, -0.05) is 18.2 Å². The number of aromatic nitrogens is 4. The first kappa shape index (κ1) is 13.0. The van der Waals surface area contributed by atoms with Gasteiger partial charge in [0.25, 0.3) is 5.91 Å². The monoisotopic (exact) mass is 297 g/mol. The van der Waals surface area contributed by atoms with Crippen molar-refractivity contribution in [3.05, 3.63) is 47.9 Å². The fourth-order valence-electron chi connectivity index (χ4n) is 2.82. The second kappa shape index (κ2) is 5.27. The fraction of sp³-hybridized carbons (Fsp3) is 0.267. The molecule has 1 fully saturated rings. The van der Waals surface area contributed by atoms with Crippen molar-refractivity contribution in [1.82, 2.24) is 25.3 Å². The van der Waals surface area contributed by atoms with E-state index in [1.54, 1.807) is 11.1 Å². The van der Waals surface area contributed by atoms with Gasteiger partial charge in [-0.25, -0.2) is 0 Å². The molecule has 1 atom stereocenters. The van der Waals surface area contributed by atoms with Crippen LogP contribution in [0.15, 0.2) is 36.5 Å². The minimum Gasteiger partial charge on any atom is -0.377 e. The molecule has 0 radical (unpaired) electrons. The number of rotatable bonds is 2. The number of H-pyrrole nitrogens is 2. The number of hydrogen-bond acceptors (Lipinski definition) is 4. The van der Waals surface area contributed by atoms with E-state index in [2.05, 4.69) is 20.4 Å². The summed E-state index contributed by atoms with van der Waals surface area (Å²) >= 11 is 0. The standard InChI is InChI=1S/C15H15N5O2/c21-15(14-10-3-1-2-4-11(10)18-19-14)20-7-8-22-9-13(20)12-5-6-16-17-12/h1-6,13H,7-9H2,(H,16,17)(H,18,19)/t13-/m1/s1. The molecule has 1 aliphatic rings. The molecule has 2 N–H and O–H groups in total. The van der Waals surface area contributed by atoms with Gasteiger partial charge in [-0.2, -0.15) is 10.2 Å². The van der Waals surface area contributed by atoms with Crippen LogP contribution < -0.4 is 0 Å². The van der Waals surface area contributed by atoms with Gasteiger partial charge in [-0.3, -0.25) is 15.0 Å². The second-order valence-electron chi connectivity index (χ2n) is 5.22. The van der Waals surface area contributed by atoms with E-state index < -0.39 is 0 Å². The molecule has 2 aromatic heterocycles. The molecule has 1 aliphatic heterocycles. The van der Waals surface area contributed by atoms with Crippen LogP contribution in [0.2, 0.25) is 0 Å². The molecule has 0 aliphatic carbocycles. The first-order valence-corrected chi connectivity index (χ1v) is 7.15. The van der Waals surface area contributed by atoms with Crippen LogP contribution in [0.25, 0.3) is 10.9 Å². The summed E-state index contributed by atoms with van der Waals surface area (Å²) in [5.41, 5.74) is 2.17. The number of aromatic amines is 2. The Labute approximate surface area is 126 Å². The summed E-state index contributed by atoms with van der Waals surface area (Å²) in [6, 6.07) is 9.32. The number of carbonyl (C=O) groups excluding carboxylic acids is 1. The largest absolute Gasteiger partial charge is 0.377 e. The van der Waals surface area contributed by atoms with Gasteiger partial charge in [0.2, 0.25) is 0 Å². The van der Waals surface area contributed by atoms with Gasteiger partial charge in [0.1, 0.15) is 0 Å². The molecule has 3 heterocycles. The number of para-hydroxylation sites is 1. The first-order chi connectivity index (χ1) is 10.8. The van der Waals surface area contributed by atoms with Crippen LogP contribution in [-0.4, -0.2) is 51.0 Å². The van der Waals surface area contributed by atoms with E-state index in [-0.39, 0.29) is 11.9 Å². The van der Waals surface area contributed by atoms with Gasteiger partial charge in [0.05, 0.1) is 30.5 Å². The Morgan fingerprint density at radius 1 is 1.27 bits per heavy atom. The maximum atomic E-state index is 12.9. The normalized spacial score (nSPS) is 18.7. The van der Waals surface area contributed by atoms with E-state index in [9.17, 15) is 4.79 Å². The van der Waals surface area contributed by atoms with Crippen LogP contribution in [0.1, 0.15) is 22.2 Å². The predicted octanol–water partition coefficient (Wildman–Crippen LogP) is 1.50. The highest BCUT2D eigenvalue weighted by Crippen LogP contribution is 2.26. The molecule has 4 rings (SSSR count). The molecule has 1 aromatic carbocycles. The van der Waals surface area contributed by atoms with Crippen LogP contribution in [0, 0.1) is 0 Å². The number of morpholine rings is 1. The van der Waals surface area contributed by atoms with Crippen molar-refractivity contribution in [1.29, 1.82) is 0 Å². The van der Waals surface area contributed by atoms with Gasteiger partial charge in [0, 0.05) is 18.1 Å². The van der Waals surface area contributed by atoms with Gasteiger partial charge in [0.15, 0.2) is 5.69 Å². The lowest BCUT2D eigenvalue weighted by molar-refractivity contribution is -0.00411. The molecular weight excluding hydrogens is 282 g/mol. The molecule has 0 saturated carbocycles. The Bertz CT molecular complexity index is 795. The van der Waals surface area contributed by atoms with Crippen molar-refractivity contribution in [2.45, 2.75) is 6.04 Å². The highest BCUT2D eigenvalue weighted by Gasteiger charge is 2.32. The number of ether oxygens (including phenoxy) is 1. The third-order valence-electron chi connectivity index (χ3n) is 3.94. The average Bonchev–Trinajstić information content (AvgIpc) is 3.24. The summed E-state index contributed by atoms with van der Waals surface area (Å²) in [5, 5.41) is 14.8. The average molecular weight is 297 g/mol. The van der Waals surface area contributed by atoms with Gasteiger partial charge >= 0.3 is 0 Å². The third kappa shape index (κ3) is 2.06. The number of fused-ring (bicyclic) bond motifs is 1. The highest BCUT2D eigenvalue weighted by atomic mass is 16.5. The van der Waals surface area contributed by atoms with Crippen molar-refractivity contribution in [2.75, 3.05) is 19.8 Å². The van der Waals surface area contributed by atoms with Gasteiger partial charge in [-0.05, 0) is 12.1 Å². The lowest BCUT2D eigenvalue weighted by Crippen LogP contribution is -2.43. The number of amides is 1. The minimum absolute atomic E-state index is 0.0969. The third-order valence-corrected chi connectivity index (χ3v) is 3.94. The smallest absolute Gasteiger partial charge is 0.275 e. The lowest BCUT2D eigenvalue weighted by atomic mass is 10.1. The quantitative estimate of drug-likeness (QED) is 0.750. The zero-order valence-corrected chi connectivity index (χ0v) is 11.8. The summed E-state index contributed by atoms with van der Waals surface area (Å²) in [7, 11) is 0. The van der Waals surface area contributed by atoms with Crippen LogP contribution in [0.4, 0.5) is 0 Å². The van der Waals surface area contributed by atoms with E-state index in [4.69, 9.17) is 4.74 Å². The van der Waals surface area contributed by atoms with Gasteiger partial charge in [-0.15, -0.1) is 0 Å². The van der Waals surface area contributed by atoms with E-state index in [1.807, 2.05) is 30.3 Å². The number of carbonyl (C=O) groups is 1. The molecule has 7 heteroatoms. The predicted molar refractivity (Wildman–Crippen MR) is 79.3 cm³/mol. The molecule has 22 heavy (non-hydrogen) atoms. The SMILES string of the molecule is O=C(c1n[nH]c2ccccc12)N1CCOC[C@@H]1c1ccn[nH]1. The number of benzene rings is 1. The minimum atomic E-state index is -0.167. The fourth-order valence-corrected chi connectivity index (χ4v) is 2.82. The summed E-state index contributed by atoms with van der Waals surface area (Å²) in [6.45, 7) is 1.51. The molecule has 1 saturated heterocycles. The highest BCUT2D eigenvalue weighted by molar-refractivity contribution is 6.04. The van der Waals surface area contributed by atoms with Crippen molar-refractivity contribution < 1.29 is 9.53 Å². The van der Waals surface area contributed by atoms with E-state index >= 15 is 0 Å². The lowest BCUT2D eigenvalue weighted by Gasteiger charge is -2.34. The number of nitrogens with one attached hydrogen (secondary N) is 2. The summed E-state index contributed by atoms with van der Waals surface area (Å²) in [5.74, 6) is -0.0969. The summed E-state index contributed by atoms with van der Waals surface area (Å²) in [4.78, 5) is 14.7. The Balaban J connectivity index is 1.71. The Morgan fingerprint density at radius 3 is 3.05 bits per heavy atom. The summed E-state index contributed by atoms with van der Waals surface area (Å²) < 4.78 is 5.52. The van der Waals surface area contributed by atoms with E-state index in [1.165, 1.54) is 0 Å². The van der Waals surface area contributed by atoms with Crippen molar-refractivity contribution in [3.8, 4) is 0 Å². The molecule has 1 amide bonds. The summed E-state index contributed by atoms with van der Waals surface area (Å²) in [6.07, 6.45) is 1.68. The van der Waals surface area contributed by atoms with Crippen molar-refractivity contribution in [2.24, 2.45) is 0 Å². The molecule has 0 unspecified atom stereocenters. The topological polar surface area (TPSA) is 86.9 Å². The van der Waals surface area contributed by atoms with Crippen LogP contribution in [0.5, 0.6) is 0 Å². The molecule has 0 bridgehead atoms. The Morgan fingerprint density at radius 2 is 2.18 bits per heavy atom.